The van der Waals surface area contributed by atoms with Crippen molar-refractivity contribution < 1.29 is 52.5 Å². The number of hydrogen-bond acceptors (Lipinski definition) is 9. The highest BCUT2D eigenvalue weighted by molar-refractivity contribution is 6.74. The standard InChI is InChI=1S/C36H60O6Si2.C24H30O5/c1-15-16-17-18-27-21-30(41-32(37)23-39-43(11,12)35(5,6)7)34(29-20-26(4)19-28(29)25(2)3)31(22-27)42-33(38)24-40-44(13,14)36(8,9)10;1-4-5-6-7-17-10-18(12-22(26)27)24(19(11-17)13-23(28)29)21-9-15(2)8-20(21)16(3)14-25/h20-22,28-29H,2,15-19,23-24H2,1,3-14H3;9-11,14,20-21H,3-8,12-13H2,1-2H3,(H,26,27)(H,28,29)/t28-,29+;20-,21+/m00/s1. The molecule has 73 heavy (non-hydrogen) atoms. The van der Waals surface area contributed by atoms with Gasteiger partial charge >= 0.3 is 23.9 Å². The van der Waals surface area contributed by atoms with Crippen LogP contribution >= 0.6 is 0 Å². The number of aldehydes is 1. The summed E-state index contributed by atoms with van der Waals surface area (Å²) in [5, 5.41) is 18.9. The highest BCUT2D eigenvalue weighted by atomic mass is 28.4. The second kappa shape index (κ2) is 27.2. The molecule has 0 bridgehead atoms. The van der Waals surface area contributed by atoms with Crippen LogP contribution in [-0.4, -0.2) is 70.2 Å². The molecule has 11 nitrogen and oxygen atoms in total. The number of carboxylic acids is 2. The lowest BCUT2D eigenvalue weighted by Gasteiger charge is -2.35. The van der Waals surface area contributed by atoms with E-state index in [1.807, 2.05) is 44.2 Å². The van der Waals surface area contributed by atoms with Crippen molar-refractivity contribution in [3.8, 4) is 11.5 Å². The smallest absolute Gasteiger partial charge is 0.336 e. The summed E-state index contributed by atoms with van der Waals surface area (Å²) < 4.78 is 24.7. The van der Waals surface area contributed by atoms with E-state index < -0.39 is 40.5 Å². The van der Waals surface area contributed by atoms with Gasteiger partial charge in [-0.3, -0.25) is 14.4 Å². The molecule has 0 aliphatic heterocycles. The fourth-order valence-corrected chi connectivity index (χ4v) is 11.0. The normalized spacial score (nSPS) is 18.0. The molecule has 0 aromatic heterocycles. The maximum atomic E-state index is 13.4. The quantitative estimate of drug-likeness (QED) is 0.0185. The summed E-state index contributed by atoms with van der Waals surface area (Å²) in [5.74, 6) is -2.41. The Labute approximate surface area is 440 Å². The minimum Gasteiger partial charge on any atom is -0.481 e. The molecule has 2 aromatic carbocycles. The number of allylic oxidation sites excluding steroid dienone is 6. The maximum absolute atomic E-state index is 13.4. The van der Waals surface area contributed by atoms with E-state index in [2.05, 4.69) is 108 Å². The Bertz CT molecular complexity index is 2270. The van der Waals surface area contributed by atoms with E-state index in [0.717, 1.165) is 91.9 Å². The molecule has 0 radical (unpaired) electrons. The van der Waals surface area contributed by atoms with Crippen LogP contribution in [0.25, 0.3) is 0 Å². The minimum absolute atomic E-state index is 0.0354. The van der Waals surface area contributed by atoms with Gasteiger partial charge in [-0.25, -0.2) is 9.59 Å². The van der Waals surface area contributed by atoms with Crippen LogP contribution in [0.3, 0.4) is 0 Å². The van der Waals surface area contributed by atoms with Gasteiger partial charge in [0.05, 0.1) is 12.8 Å². The Hall–Kier alpha value is -4.70. The number of unbranched alkanes of at least 4 members (excludes halogenated alkanes) is 4. The Balaban J connectivity index is 0.000000419. The average molecular weight is 1040 g/mol. The van der Waals surface area contributed by atoms with E-state index in [9.17, 15) is 34.2 Å². The van der Waals surface area contributed by atoms with E-state index in [1.165, 1.54) is 5.57 Å². The van der Waals surface area contributed by atoms with Gasteiger partial charge in [-0.1, -0.05) is 135 Å². The van der Waals surface area contributed by atoms with Gasteiger partial charge in [-0.15, -0.1) is 0 Å². The lowest BCUT2D eigenvalue weighted by atomic mass is 9.78. The van der Waals surface area contributed by atoms with Crippen LogP contribution in [0.5, 0.6) is 11.5 Å². The summed E-state index contributed by atoms with van der Waals surface area (Å²) in [6.45, 7) is 39.6. The molecule has 0 saturated carbocycles. The van der Waals surface area contributed by atoms with Crippen molar-refractivity contribution in [3.63, 3.8) is 0 Å². The zero-order chi connectivity index (χ0) is 55.2. The second-order valence-corrected chi connectivity index (χ2v) is 33.3. The molecule has 2 aliphatic rings. The van der Waals surface area contributed by atoms with Crippen LogP contribution in [0.4, 0.5) is 0 Å². The lowest BCUT2D eigenvalue weighted by molar-refractivity contribution is -0.138. The Kier molecular flexibility index (Phi) is 23.3. The van der Waals surface area contributed by atoms with Gasteiger partial charge in [0, 0.05) is 23.3 Å². The predicted octanol–water partition coefficient (Wildman–Crippen LogP) is 14.4. The van der Waals surface area contributed by atoms with Crippen LogP contribution in [0.15, 0.2) is 71.9 Å². The molecule has 2 N–H and O–H groups in total. The SMILES string of the molecule is C=C(C)[C@@H]1CC(C)=C[C@H]1c1c(OC(=O)CO[Si](C)(C)C(C)(C)C)cc(CCCCC)cc1OC(=O)CO[Si](C)(C)C(C)(C)C.C=C(C=O)[C@@H]1CC(C)=C[C@H]1c1c(CC(=O)O)cc(CCCCC)cc1CC(=O)O. The first-order chi connectivity index (χ1) is 33.9. The number of aliphatic carboxylic acids is 2. The van der Waals surface area contributed by atoms with Gasteiger partial charge in [0.2, 0.25) is 0 Å². The van der Waals surface area contributed by atoms with Crippen LogP contribution in [0, 0.1) is 11.8 Å². The first-order valence-electron chi connectivity index (χ1n) is 26.4. The number of benzene rings is 2. The van der Waals surface area contributed by atoms with Crippen molar-refractivity contribution >= 4 is 46.8 Å². The van der Waals surface area contributed by atoms with Crippen LogP contribution < -0.4 is 9.47 Å². The average Bonchev–Trinajstić information content (AvgIpc) is 3.85. The van der Waals surface area contributed by atoms with Gasteiger partial charge in [-0.2, -0.15) is 0 Å². The third kappa shape index (κ3) is 18.3. The van der Waals surface area contributed by atoms with Gasteiger partial charge < -0.3 is 28.5 Å². The highest BCUT2D eigenvalue weighted by Gasteiger charge is 2.40. The van der Waals surface area contributed by atoms with E-state index in [1.54, 1.807) is 0 Å². The van der Waals surface area contributed by atoms with Gasteiger partial charge in [0.15, 0.2) is 16.6 Å². The minimum atomic E-state index is -2.16. The summed E-state index contributed by atoms with van der Waals surface area (Å²) >= 11 is 0. The zero-order valence-electron chi connectivity index (χ0n) is 47.2. The van der Waals surface area contributed by atoms with E-state index >= 15 is 0 Å². The first-order valence-corrected chi connectivity index (χ1v) is 32.3. The number of carboxylic acid groups (broad SMARTS) is 2. The Morgan fingerprint density at radius 2 is 1.03 bits per heavy atom. The van der Waals surface area contributed by atoms with Crippen LogP contribution in [0.2, 0.25) is 36.3 Å². The number of carbonyl (C=O) groups is 5. The maximum Gasteiger partial charge on any atom is 0.336 e. The molecule has 0 fully saturated rings. The summed E-state index contributed by atoms with van der Waals surface area (Å²) in [4.78, 5) is 61.3. The number of aryl methyl sites for hydroxylation is 2. The molecular formula is C60H90O11Si2. The number of hydrogen-bond donors (Lipinski definition) is 2. The van der Waals surface area contributed by atoms with Crippen LogP contribution in [0.1, 0.15) is 173 Å². The number of rotatable bonds is 25. The molecular weight excluding hydrogens is 953 g/mol. The molecule has 0 heterocycles. The third-order valence-electron chi connectivity index (χ3n) is 15.4. The zero-order valence-corrected chi connectivity index (χ0v) is 49.2. The summed E-state index contributed by atoms with van der Waals surface area (Å²) in [7, 11) is -4.33. The number of ether oxygens (including phenoxy) is 2. The highest BCUT2D eigenvalue weighted by Crippen LogP contribution is 2.49. The first kappa shape index (κ1) is 62.6. The molecule has 0 saturated heterocycles. The van der Waals surface area contributed by atoms with Crippen molar-refractivity contribution in [2.24, 2.45) is 11.8 Å². The topological polar surface area (TPSA) is 163 Å². The second-order valence-electron chi connectivity index (χ2n) is 23.7. The van der Waals surface area contributed by atoms with Gasteiger partial charge in [-0.05, 0) is 147 Å². The van der Waals surface area contributed by atoms with E-state index in [4.69, 9.17) is 18.3 Å². The molecule has 4 atom stereocenters. The Morgan fingerprint density at radius 3 is 1.38 bits per heavy atom. The largest absolute Gasteiger partial charge is 0.481 e. The summed E-state index contributed by atoms with van der Waals surface area (Å²) in [6.07, 6.45) is 14.0. The number of carbonyl (C=O) groups excluding carboxylic acids is 3. The fraction of sp³-hybridized carbons (Fsp3) is 0.583. The van der Waals surface area contributed by atoms with Crippen molar-refractivity contribution in [2.75, 3.05) is 13.2 Å². The lowest BCUT2D eigenvalue weighted by Crippen LogP contribution is -2.42. The third-order valence-corrected chi connectivity index (χ3v) is 24.3. The van der Waals surface area contributed by atoms with E-state index in [0.29, 0.717) is 40.2 Å². The van der Waals surface area contributed by atoms with Gasteiger partial charge in [0.1, 0.15) is 31.0 Å². The molecule has 0 unspecified atom stereocenters. The molecule has 2 aliphatic carbocycles. The summed E-state index contributed by atoms with van der Waals surface area (Å²) in [5.41, 5.74) is 8.47. The monoisotopic (exact) mass is 1040 g/mol. The fourth-order valence-electron chi connectivity index (χ4n) is 9.14. The van der Waals surface area contributed by atoms with E-state index in [-0.39, 0.29) is 59.8 Å². The molecule has 404 valence electrons. The molecule has 13 heteroatoms. The molecule has 2 aromatic rings. The van der Waals surface area contributed by atoms with Crippen molar-refractivity contribution in [1.82, 2.24) is 0 Å². The molecule has 0 amide bonds. The summed E-state index contributed by atoms with van der Waals surface area (Å²) in [6, 6.07) is 7.73. The molecule has 0 spiro atoms. The molecule has 4 rings (SSSR count). The van der Waals surface area contributed by atoms with Gasteiger partial charge in [0.25, 0.3) is 0 Å². The van der Waals surface area contributed by atoms with Crippen LogP contribution in [-0.2, 0) is 58.5 Å². The number of esters is 2. The van der Waals surface area contributed by atoms with Crippen molar-refractivity contribution in [1.29, 1.82) is 0 Å². The van der Waals surface area contributed by atoms with Crippen molar-refractivity contribution in [3.05, 3.63) is 105 Å². The van der Waals surface area contributed by atoms with Crippen molar-refractivity contribution in [2.45, 2.75) is 201 Å². The predicted molar refractivity (Wildman–Crippen MR) is 299 cm³/mol. The Morgan fingerprint density at radius 1 is 0.644 bits per heavy atom.